The van der Waals surface area contributed by atoms with E-state index in [2.05, 4.69) is 11.4 Å². The van der Waals surface area contributed by atoms with Crippen LogP contribution < -0.4 is 14.8 Å². The summed E-state index contributed by atoms with van der Waals surface area (Å²) in [4.78, 5) is 12.6. The van der Waals surface area contributed by atoms with Gasteiger partial charge in [0.05, 0.1) is 23.8 Å². The zero-order chi connectivity index (χ0) is 23.8. The summed E-state index contributed by atoms with van der Waals surface area (Å²) in [6, 6.07) is 21.6. The molecule has 0 aromatic heterocycles. The van der Waals surface area contributed by atoms with Gasteiger partial charge in [0.1, 0.15) is 18.2 Å². The third kappa shape index (κ3) is 5.92. The smallest absolute Gasteiger partial charge is 0.266 e. The molecule has 0 bridgehead atoms. The van der Waals surface area contributed by atoms with Crippen molar-refractivity contribution in [3.63, 3.8) is 0 Å². The lowest BCUT2D eigenvalue weighted by atomic mass is 10.1. The molecule has 1 N–H and O–H groups in total. The second kappa shape index (κ2) is 10.9. The van der Waals surface area contributed by atoms with Gasteiger partial charge in [0, 0.05) is 11.3 Å². The van der Waals surface area contributed by atoms with E-state index in [4.69, 9.17) is 21.1 Å². The number of carbonyl (C=O) groups excluding carboxylic acids is 1. The largest absolute Gasteiger partial charge is 0.493 e. The first-order valence-corrected chi connectivity index (χ1v) is 10.3. The molecule has 0 fully saturated rings. The predicted molar refractivity (Wildman–Crippen MR) is 127 cm³/mol. The Morgan fingerprint density at radius 1 is 1.12 bits per heavy atom. The number of nitrogens with one attached hydrogen (secondary N) is 1. The molecule has 6 nitrogen and oxygen atoms in total. The van der Waals surface area contributed by atoms with Crippen LogP contribution in [-0.2, 0) is 11.4 Å². The van der Waals surface area contributed by atoms with Crippen molar-refractivity contribution in [1.29, 1.82) is 10.5 Å². The predicted octanol–water partition coefficient (Wildman–Crippen LogP) is 5.65. The van der Waals surface area contributed by atoms with Gasteiger partial charge in [0.15, 0.2) is 11.5 Å². The van der Waals surface area contributed by atoms with Crippen molar-refractivity contribution in [2.24, 2.45) is 0 Å². The number of aryl methyl sites for hydroxylation is 1. The van der Waals surface area contributed by atoms with Crippen LogP contribution in [0.5, 0.6) is 11.5 Å². The molecule has 0 spiro atoms. The minimum atomic E-state index is -0.536. The normalized spacial score (nSPS) is 10.6. The molecule has 164 valence electrons. The van der Waals surface area contributed by atoms with Crippen molar-refractivity contribution in [2.45, 2.75) is 13.5 Å². The average molecular weight is 458 g/mol. The molecule has 7 heteroatoms. The molecular weight excluding hydrogens is 438 g/mol. The maximum atomic E-state index is 12.6. The monoisotopic (exact) mass is 457 g/mol. The number of amides is 1. The molecule has 0 aliphatic rings. The van der Waals surface area contributed by atoms with Gasteiger partial charge < -0.3 is 14.8 Å². The van der Waals surface area contributed by atoms with Crippen LogP contribution in [0.3, 0.4) is 0 Å². The highest BCUT2D eigenvalue weighted by Gasteiger charge is 2.15. The van der Waals surface area contributed by atoms with Crippen molar-refractivity contribution >= 4 is 29.3 Å². The molecule has 0 unspecified atom stereocenters. The van der Waals surface area contributed by atoms with Crippen LogP contribution in [-0.4, -0.2) is 13.0 Å². The maximum Gasteiger partial charge on any atom is 0.266 e. The molecule has 3 rings (SSSR count). The number of nitriles is 2. The van der Waals surface area contributed by atoms with Gasteiger partial charge in [0.25, 0.3) is 5.91 Å². The van der Waals surface area contributed by atoms with Crippen LogP contribution in [0, 0.1) is 29.6 Å². The summed E-state index contributed by atoms with van der Waals surface area (Å²) in [7, 11) is 1.46. The lowest BCUT2D eigenvalue weighted by Crippen LogP contribution is -2.13. The highest BCUT2D eigenvalue weighted by atomic mass is 35.5. The fourth-order valence-corrected chi connectivity index (χ4v) is 3.38. The van der Waals surface area contributed by atoms with E-state index < -0.39 is 5.91 Å². The first kappa shape index (κ1) is 23.4. The van der Waals surface area contributed by atoms with E-state index in [0.29, 0.717) is 33.9 Å². The number of anilines is 1. The number of nitrogens with zero attached hydrogens (tertiary/aromatic N) is 2. The van der Waals surface area contributed by atoms with Crippen LogP contribution in [0.4, 0.5) is 5.69 Å². The highest BCUT2D eigenvalue weighted by molar-refractivity contribution is 6.32. The molecule has 0 saturated carbocycles. The quantitative estimate of drug-likeness (QED) is 0.365. The van der Waals surface area contributed by atoms with Gasteiger partial charge in [-0.25, -0.2) is 0 Å². The summed E-state index contributed by atoms with van der Waals surface area (Å²) >= 11 is 6.42. The van der Waals surface area contributed by atoms with E-state index in [-0.39, 0.29) is 17.2 Å². The Morgan fingerprint density at radius 3 is 2.61 bits per heavy atom. The number of methoxy groups -OCH3 is 1. The molecule has 0 atom stereocenters. The topological polar surface area (TPSA) is 95.1 Å². The Balaban J connectivity index is 1.84. The summed E-state index contributed by atoms with van der Waals surface area (Å²) in [5.41, 5.74) is 3.20. The Morgan fingerprint density at radius 2 is 1.91 bits per heavy atom. The molecule has 0 heterocycles. The number of ether oxygens (including phenoxy) is 2. The molecule has 33 heavy (non-hydrogen) atoms. The number of benzene rings is 3. The van der Waals surface area contributed by atoms with Crippen LogP contribution in [0.15, 0.2) is 66.2 Å². The average Bonchev–Trinajstić information content (AvgIpc) is 2.81. The summed E-state index contributed by atoms with van der Waals surface area (Å²) < 4.78 is 11.2. The van der Waals surface area contributed by atoms with Gasteiger partial charge in [-0.3, -0.25) is 4.79 Å². The molecule has 1 amide bonds. The summed E-state index contributed by atoms with van der Waals surface area (Å²) in [6.45, 7) is 2.03. The standard InChI is InChI=1S/C26H20ClN3O3/c1-17-6-5-9-22(10-17)30-26(31)21(15-29)11-18-12-23(27)25(24(13-18)32-2)33-16-20-8-4-3-7-19(20)14-28/h3-13H,16H2,1-2H3,(H,30,31)/b21-11-. The van der Waals surface area contributed by atoms with E-state index in [1.807, 2.05) is 37.3 Å². The lowest BCUT2D eigenvalue weighted by Gasteiger charge is -2.14. The minimum absolute atomic E-state index is 0.0914. The van der Waals surface area contributed by atoms with Gasteiger partial charge in [-0.05, 0) is 54.5 Å². The Kier molecular flexibility index (Phi) is 7.70. The Hall–Kier alpha value is -4.26. The summed E-state index contributed by atoms with van der Waals surface area (Å²) in [5.74, 6) is 0.0953. The van der Waals surface area contributed by atoms with Crippen LogP contribution in [0.25, 0.3) is 6.08 Å². The molecule has 0 aliphatic heterocycles. The first-order valence-electron chi connectivity index (χ1n) is 9.93. The first-order chi connectivity index (χ1) is 15.9. The van der Waals surface area contributed by atoms with Crippen LogP contribution >= 0.6 is 11.6 Å². The number of hydrogen-bond donors (Lipinski definition) is 1. The molecule has 0 radical (unpaired) electrons. The third-order valence-corrected chi connectivity index (χ3v) is 4.99. The number of hydrogen-bond acceptors (Lipinski definition) is 5. The second-order valence-corrected chi connectivity index (χ2v) is 7.49. The molecule has 0 aliphatic carbocycles. The van der Waals surface area contributed by atoms with Crippen molar-refractivity contribution in [3.05, 3.63) is 93.5 Å². The zero-order valence-corrected chi connectivity index (χ0v) is 18.8. The van der Waals surface area contributed by atoms with Crippen molar-refractivity contribution in [3.8, 4) is 23.6 Å². The summed E-state index contributed by atoms with van der Waals surface area (Å²) in [5, 5.41) is 21.7. The van der Waals surface area contributed by atoms with Gasteiger partial charge in [-0.15, -0.1) is 0 Å². The van der Waals surface area contributed by atoms with Crippen LogP contribution in [0.1, 0.15) is 22.3 Å². The number of rotatable bonds is 7. The van der Waals surface area contributed by atoms with Gasteiger partial charge in [0.2, 0.25) is 0 Å². The fourth-order valence-electron chi connectivity index (χ4n) is 3.10. The van der Waals surface area contributed by atoms with Crippen molar-refractivity contribution < 1.29 is 14.3 Å². The Bertz CT molecular complexity index is 1300. The van der Waals surface area contributed by atoms with E-state index in [1.165, 1.54) is 13.2 Å². The summed E-state index contributed by atoms with van der Waals surface area (Å²) in [6.07, 6.45) is 1.42. The fraction of sp³-hybridized carbons (Fsp3) is 0.115. The van der Waals surface area contributed by atoms with Gasteiger partial charge in [-0.2, -0.15) is 10.5 Å². The number of carbonyl (C=O) groups is 1. The second-order valence-electron chi connectivity index (χ2n) is 7.09. The van der Waals surface area contributed by atoms with E-state index >= 15 is 0 Å². The maximum absolute atomic E-state index is 12.6. The molecule has 3 aromatic carbocycles. The van der Waals surface area contributed by atoms with Crippen LogP contribution in [0.2, 0.25) is 5.02 Å². The highest BCUT2D eigenvalue weighted by Crippen LogP contribution is 2.37. The van der Waals surface area contributed by atoms with Crippen molar-refractivity contribution in [2.75, 3.05) is 12.4 Å². The zero-order valence-electron chi connectivity index (χ0n) is 18.1. The van der Waals surface area contributed by atoms with Gasteiger partial charge in [-0.1, -0.05) is 41.9 Å². The van der Waals surface area contributed by atoms with Gasteiger partial charge >= 0.3 is 0 Å². The molecular formula is C26H20ClN3O3. The van der Waals surface area contributed by atoms with E-state index in [1.54, 1.807) is 36.4 Å². The lowest BCUT2D eigenvalue weighted by molar-refractivity contribution is -0.112. The number of halogens is 1. The minimum Gasteiger partial charge on any atom is -0.493 e. The molecule has 0 saturated heterocycles. The molecule has 3 aromatic rings. The SMILES string of the molecule is COc1cc(/C=C(/C#N)C(=O)Nc2cccc(C)c2)cc(Cl)c1OCc1ccccc1C#N. The van der Waals surface area contributed by atoms with E-state index in [9.17, 15) is 15.3 Å². The third-order valence-electron chi connectivity index (χ3n) is 4.71. The Labute approximate surface area is 197 Å². The van der Waals surface area contributed by atoms with E-state index in [0.717, 1.165) is 5.56 Å². The van der Waals surface area contributed by atoms with Crippen molar-refractivity contribution in [1.82, 2.24) is 0 Å².